The first-order valence-electron chi connectivity index (χ1n) is 9.85. The molecule has 3 aliphatic carbocycles. The largest absolute Gasteiger partial charge is 0.480 e. The predicted molar refractivity (Wildman–Crippen MR) is 102 cm³/mol. The fourth-order valence-corrected chi connectivity index (χ4v) is 5.53. The Hall–Kier alpha value is -1.40. The van der Waals surface area contributed by atoms with Crippen molar-refractivity contribution in [3.05, 3.63) is 21.4 Å². The molecule has 1 aromatic rings. The van der Waals surface area contributed by atoms with Crippen molar-refractivity contribution in [1.82, 2.24) is 10.2 Å². The first kappa shape index (κ1) is 18.0. The third-order valence-electron chi connectivity index (χ3n) is 6.14. The summed E-state index contributed by atoms with van der Waals surface area (Å²) in [4.78, 5) is 27.3. The second kappa shape index (κ2) is 7.31. The average Bonchev–Trinajstić information content (AvgIpc) is 3.25. The number of hydrogen-bond donors (Lipinski definition) is 2. The Labute approximate surface area is 158 Å². The number of amides is 1. The highest BCUT2D eigenvalue weighted by atomic mass is 32.1. The van der Waals surface area contributed by atoms with Gasteiger partial charge in [-0.05, 0) is 62.3 Å². The van der Waals surface area contributed by atoms with Crippen LogP contribution in [-0.2, 0) is 17.6 Å². The maximum absolute atomic E-state index is 12.7. The minimum atomic E-state index is -0.753. The van der Waals surface area contributed by atoms with Gasteiger partial charge in [-0.3, -0.25) is 14.5 Å². The molecule has 0 aliphatic heterocycles. The lowest BCUT2D eigenvalue weighted by molar-refractivity contribution is -0.139. The van der Waals surface area contributed by atoms with E-state index in [0.29, 0.717) is 12.0 Å². The average molecular weight is 377 g/mol. The summed E-state index contributed by atoms with van der Waals surface area (Å²) in [5, 5.41) is 14.3. The molecular weight excluding hydrogens is 348 g/mol. The summed E-state index contributed by atoms with van der Waals surface area (Å²) in [6.45, 7) is 3.30. The van der Waals surface area contributed by atoms with Gasteiger partial charge in [0.1, 0.15) is 0 Å². The van der Waals surface area contributed by atoms with Gasteiger partial charge in [0.25, 0.3) is 5.91 Å². The fourth-order valence-electron chi connectivity index (χ4n) is 4.28. The zero-order chi connectivity index (χ0) is 18.3. The Morgan fingerprint density at radius 1 is 1.31 bits per heavy atom. The Kier molecular flexibility index (Phi) is 5.06. The Morgan fingerprint density at radius 3 is 2.77 bits per heavy atom. The number of carboxylic acid groups (broad SMARTS) is 1. The fraction of sp³-hybridized carbons (Fsp3) is 0.700. The standard InChI is InChI=1S/C20H28N2O3S/c1-12-2-5-16-17(11-26-18(16)6-12)20(25)21-14-7-15(8-14)22(10-19(23)24)9-13-3-4-13/h11-15H,2-10H2,1H3,(H,21,25)(H,23,24). The number of fused-ring (bicyclic) bond motifs is 1. The number of rotatable bonds is 7. The van der Waals surface area contributed by atoms with E-state index in [1.165, 1.54) is 29.7 Å². The van der Waals surface area contributed by atoms with Gasteiger partial charge in [0.2, 0.25) is 0 Å². The summed E-state index contributed by atoms with van der Waals surface area (Å²) in [6, 6.07) is 0.482. The van der Waals surface area contributed by atoms with Crippen LogP contribution in [0.4, 0.5) is 0 Å². The molecular formula is C20H28N2O3S. The molecule has 2 N–H and O–H groups in total. The Balaban J connectivity index is 1.31. The van der Waals surface area contributed by atoms with Gasteiger partial charge < -0.3 is 10.4 Å². The van der Waals surface area contributed by atoms with Gasteiger partial charge in [0.05, 0.1) is 12.1 Å². The van der Waals surface area contributed by atoms with Crippen molar-refractivity contribution < 1.29 is 14.7 Å². The maximum atomic E-state index is 12.7. The lowest BCUT2D eigenvalue weighted by Gasteiger charge is -2.42. The van der Waals surface area contributed by atoms with Crippen molar-refractivity contribution in [2.45, 2.75) is 64.0 Å². The second-order valence-electron chi connectivity index (χ2n) is 8.46. The van der Waals surface area contributed by atoms with Crippen molar-refractivity contribution in [3.63, 3.8) is 0 Å². The lowest BCUT2D eigenvalue weighted by Crippen LogP contribution is -2.55. The molecule has 2 saturated carbocycles. The van der Waals surface area contributed by atoms with E-state index < -0.39 is 5.97 Å². The number of nitrogens with one attached hydrogen (secondary N) is 1. The van der Waals surface area contributed by atoms with Crippen LogP contribution in [0.5, 0.6) is 0 Å². The van der Waals surface area contributed by atoms with Crippen LogP contribution in [0.3, 0.4) is 0 Å². The number of carbonyl (C=O) groups is 2. The van der Waals surface area contributed by atoms with Gasteiger partial charge in [0, 0.05) is 28.9 Å². The molecule has 6 heteroatoms. The first-order valence-corrected chi connectivity index (χ1v) is 10.7. The van der Waals surface area contributed by atoms with E-state index in [4.69, 9.17) is 5.11 Å². The monoisotopic (exact) mass is 376 g/mol. The number of nitrogens with zero attached hydrogens (tertiary/aromatic N) is 1. The van der Waals surface area contributed by atoms with Crippen molar-refractivity contribution in [1.29, 1.82) is 0 Å². The smallest absolute Gasteiger partial charge is 0.317 e. The molecule has 0 bridgehead atoms. The van der Waals surface area contributed by atoms with Gasteiger partial charge in [0.15, 0.2) is 0 Å². The summed E-state index contributed by atoms with van der Waals surface area (Å²) < 4.78 is 0. The molecule has 26 heavy (non-hydrogen) atoms. The highest BCUT2D eigenvalue weighted by Crippen LogP contribution is 2.35. The number of carbonyl (C=O) groups excluding carboxylic acids is 1. The van der Waals surface area contributed by atoms with Gasteiger partial charge in [-0.15, -0.1) is 11.3 Å². The van der Waals surface area contributed by atoms with Crippen LogP contribution < -0.4 is 5.32 Å². The molecule has 142 valence electrons. The normalized spacial score (nSPS) is 27.7. The Bertz CT molecular complexity index is 691. The van der Waals surface area contributed by atoms with E-state index in [-0.39, 0.29) is 18.5 Å². The third kappa shape index (κ3) is 3.96. The lowest BCUT2D eigenvalue weighted by atomic mass is 9.84. The maximum Gasteiger partial charge on any atom is 0.317 e. The molecule has 0 spiro atoms. The minimum Gasteiger partial charge on any atom is -0.480 e. The zero-order valence-corrected chi connectivity index (χ0v) is 16.2. The number of hydrogen-bond acceptors (Lipinski definition) is 4. The number of aliphatic carboxylic acids is 1. The van der Waals surface area contributed by atoms with Crippen LogP contribution in [0.25, 0.3) is 0 Å². The van der Waals surface area contributed by atoms with Crippen molar-refractivity contribution in [3.8, 4) is 0 Å². The molecule has 5 nitrogen and oxygen atoms in total. The van der Waals surface area contributed by atoms with Crippen molar-refractivity contribution in [2.24, 2.45) is 11.8 Å². The van der Waals surface area contributed by atoms with Crippen molar-refractivity contribution in [2.75, 3.05) is 13.1 Å². The van der Waals surface area contributed by atoms with E-state index in [1.54, 1.807) is 11.3 Å². The summed E-state index contributed by atoms with van der Waals surface area (Å²) in [6.07, 6.45) is 7.48. The molecule has 1 atom stereocenters. The van der Waals surface area contributed by atoms with E-state index >= 15 is 0 Å². The van der Waals surface area contributed by atoms with Gasteiger partial charge in [-0.25, -0.2) is 0 Å². The number of thiophene rings is 1. The van der Waals surface area contributed by atoms with Crippen LogP contribution in [-0.4, -0.2) is 47.1 Å². The minimum absolute atomic E-state index is 0.0625. The van der Waals surface area contributed by atoms with Crippen LogP contribution >= 0.6 is 11.3 Å². The van der Waals surface area contributed by atoms with Gasteiger partial charge in [-0.2, -0.15) is 0 Å². The molecule has 0 saturated heterocycles. The topological polar surface area (TPSA) is 69.6 Å². The van der Waals surface area contributed by atoms with E-state index in [0.717, 1.165) is 43.7 Å². The molecule has 1 unspecified atom stereocenters. The summed E-state index contributed by atoms with van der Waals surface area (Å²) >= 11 is 1.73. The van der Waals surface area contributed by atoms with Gasteiger partial charge in [-0.1, -0.05) is 6.92 Å². The molecule has 1 amide bonds. The quantitative estimate of drug-likeness (QED) is 0.768. The summed E-state index contributed by atoms with van der Waals surface area (Å²) in [7, 11) is 0. The molecule has 0 aromatic carbocycles. The highest BCUT2D eigenvalue weighted by molar-refractivity contribution is 7.10. The zero-order valence-electron chi connectivity index (χ0n) is 15.4. The van der Waals surface area contributed by atoms with E-state index in [1.807, 2.05) is 5.38 Å². The third-order valence-corrected chi connectivity index (χ3v) is 7.19. The van der Waals surface area contributed by atoms with Crippen molar-refractivity contribution >= 4 is 23.2 Å². The molecule has 0 radical (unpaired) electrons. The van der Waals surface area contributed by atoms with Gasteiger partial charge >= 0.3 is 5.97 Å². The molecule has 3 aliphatic rings. The summed E-state index contributed by atoms with van der Waals surface area (Å²) in [5.74, 6) is 0.712. The molecule has 1 heterocycles. The first-order chi connectivity index (χ1) is 12.5. The van der Waals surface area contributed by atoms with E-state index in [9.17, 15) is 9.59 Å². The molecule has 2 fully saturated rings. The summed E-state index contributed by atoms with van der Waals surface area (Å²) in [5.41, 5.74) is 2.14. The van der Waals surface area contributed by atoms with Crippen LogP contribution in [0.1, 0.15) is 59.8 Å². The van der Waals surface area contributed by atoms with Crippen LogP contribution in [0.2, 0.25) is 0 Å². The highest BCUT2D eigenvalue weighted by Gasteiger charge is 2.38. The Morgan fingerprint density at radius 2 is 2.08 bits per heavy atom. The van der Waals surface area contributed by atoms with Crippen LogP contribution in [0.15, 0.2) is 5.38 Å². The second-order valence-corrected chi connectivity index (χ2v) is 9.43. The van der Waals surface area contributed by atoms with E-state index in [2.05, 4.69) is 17.1 Å². The SMILES string of the molecule is CC1CCc2c(C(=O)NC3CC(N(CC(=O)O)CC4CC4)C3)csc2C1. The molecule has 1 aromatic heterocycles. The predicted octanol–water partition coefficient (Wildman–Crippen LogP) is 2.93. The number of carboxylic acids is 1. The molecule has 4 rings (SSSR count). The van der Waals surface area contributed by atoms with Crippen LogP contribution in [0, 0.1) is 11.8 Å².